The van der Waals surface area contributed by atoms with E-state index in [1.54, 1.807) is 7.11 Å². The Morgan fingerprint density at radius 3 is 2.88 bits per heavy atom. The molecule has 2 rings (SSSR count). The number of methoxy groups -OCH3 is 1. The fourth-order valence-electron chi connectivity index (χ4n) is 1.78. The monoisotopic (exact) mass is 231 g/mol. The van der Waals surface area contributed by atoms with Gasteiger partial charge in [-0.15, -0.1) is 0 Å². The predicted molar refractivity (Wildman–Crippen MR) is 65.3 cm³/mol. The van der Waals surface area contributed by atoms with Crippen LogP contribution in [0.5, 0.6) is 5.75 Å². The minimum atomic E-state index is -0.977. The normalized spacial score (nSPS) is 10.4. The molecule has 0 atom stereocenters. The molecule has 1 aromatic heterocycles. The lowest BCUT2D eigenvalue weighted by Crippen LogP contribution is -2.07. The van der Waals surface area contributed by atoms with Crippen molar-refractivity contribution in [1.29, 1.82) is 0 Å². The van der Waals surface area contributed by atoms with Gasteiger partial charge in [-0.2, -0.15) is 0 Å². The Balaban J connectivity index is 2.43. The molecule has 0 unspecified atom stereocenters. The first-order valence-electron chi connectivity index (χ1n) is 5.16. The van der Waals surface area contributed by atoms with Crippen LogP contribution in [0.4, 0.5) is 0 Å². The lowest BCUT2D eigenvalue weighted by Gasteiger charge is -2.06. The Hall–Kier alpha value is -2.23. The number of aliphatic carboxylic acids is 1. The third-order valence-corrected chi connectivity index (χ3v) is 2.66. The zero-order chi connectivity index (χ0) is 12.4. The molecule has 17 heavy (non-hydrogen) atoms. The molecule has 0 saturated carbocycles. The van der Waals surface area contributed by atoms with E-state index in [9.17, 15) is 4.79 Å². The lowest BCUT2D eigenvalue weighted by atomic mass is 10.2. The molecule has 0 aliphatic rings. The van der Waals surface area contributed by atoms with E-state index in [-0.39, 0.29) is 12.1 Å². The van der Waals surface area contributed by atoms with Crippen LogP contribution in [0.25, 0.3) is 10.9 Å². The van der Waals surface area contributed by atoms with Gasteiger partial charge >= 0.3 is 5.97 Å². The Kier molecular flexibility index (Phi) is 2.87. The van der Waals surface area contributed by atoms with E-state index in [4.69, 9.17) is 9.84 Å². The molecule has 1 aromatic carbocycles. The first-order valence-corrected chi connectivity index (χ1v) is 5.16. The first-order chi connectivity index (χ1) is 8.13. The van der Waals surface area contributed by atoms with Crippen molar-refractivity contribution in [1.82, 2.24) is 4.57 Å². The number of aromatic nitrogens is 1. The molecule has 0 radical (unpaired) electrons. The summed E-state index contributed by atoms with van der Waals surface area (Å²) in [7, 11) is 1.61. The highest BCUT2D eigenvalue weighted by atomic mass is 16.5. The molecule has 0 saturated heterocycles. The van der Waals surface area contributed by atoms with Crippen LogP contribution in [-0.4, -0.2) is 22.8 Å². The second kappa shape index (κ2) is 4.33. The van der Waals surface area contributed by atoms with Crippen LogP contribution < -0.4 is 4.74 Å². The van der Waals surface area contributed by atoms with Crippen LogP contribution in [0.2, 0.25) is 0 Å². The average Bonchev–Trinajstić information content (AvgIpc) is 2.72. The van der Waals surface area contributed by atoms with Crippen LogP contribution in [-0.2, 0) is 11.3 Å². The van der Waals surface area contributed by atoms with E-state index in [2.05, 4.69) is 6.58 Å². The summed E-state index contributed by atoms with van der Waals surface area (Å²) in [5.41, 5.74) is 1.09. The van der Waals surface area contributed by atoms with E-state index < -0.39 is 5.97 Å². The SMILES string of the molecule is C=C(Cn1ccc2c(OC)cccc21)C(=O)O. The van der Waals surface area contributed by atoms with Crippen molar-refractivity contribution >= 4 is 16.9 Å². The molecular formula is C13H13NO3. The molecule has 88 valence electrons. The van der Waals surface area contributed by atoms with E-state index in [1.807, 2.05) is 35.0 Å². The van der Waals surface area contributed by atoms with Gasteiger partial charge in [-0.1, -0.05) is 12.6 Å². The Labute approximate surface area is 98.7 Å². The van der Waals surface area contributed by atoms with Gasteiger partial charge in [-0.05, 0) is 18.2 Å². The third-order valence-electron chi connectivity index (χ3n) is 2.66. The Morgan fingerprint density at radius 2 is 2.24 bits per heavy atom. The topological polar surface area (TPSA) is 51.5 Å². The zero-order valence-electron chi connectivity index (χ0n) is 9.51. The van der Waals surface area contributed by atoms with Gasteiger partial charge in [0.1, 0.15) is 5.75 Å². The van der Waals surface area contributed by atoms with Crippen LogP contribution in [0, 0.1) is 0 Å². The summed E-state index contributed by atoms with van der Waals surface area (Å²) >= 11 is 0. The molecule has 0 fully saturated rings. The summed E-state index contributed by atoms with van der Waals surface area (Å²) in [6, 6.07) is 7.58. The van der Waals surface area contributed by atoms with Crippen LogP contribution in [0.3, 0.4) is 0 Å². The van der Waals surface area contributed by atoms with Gasteiger partial charge in [0.15, 0.2) is 0 Å². The van der Waals surface area contributed by atoms with E-state index in [1.165, 1.54) is 0 Å². The molecule has 0 bridgehead atoms. The number of carbonyl (C=O) groups is 1. The van der Waals surface area contributed by atoms with Gasteiger partial charge in [-0.25, -0.2) is 4.79 Å². The smallest absolute Gasteiger partial charge is 0.332 e. The van der Waals surface area contributed by atoms with Gasteiger partial charge in [0.25, 0.3) is 0 Å². The number of hydrogen-bond acceptors (Lipinski definition) is 2. The molecule has 1 heterocycles. The average molecular weight is 231 g/mol. The fourth-order valence-corrected chi connectivity index (χ4v) is 1.78. The standard InChI is InChI=1S/C13H13NO3/c1-9(13(15)16)8-14-7-6-10-11(14)4-3-5-12(10)17-2/h3-7H,1,8H2,2H3,(H,15,16). The van der Waals surface area contributed by atoms with E-state index in [0.29, 0.717) is 0 Å². The van der Waals surface area contributed by atoms with Crippen molar-refractivity contribution < 1.29 is 14.6 Å². The number of hydrogen-bond donors (Lipinski definition) is 1. The Bertz CT molecular complexity index is 583. The zero-order valence-corrected chi connectivity index (χ0v) is 9.51. The number of carboxylic acid groups (broad SMARTS) is 1. The molecule has 1 N–H and O–H groups in total. The van der Waals surface area contributed by atoms with E-state index >= 15 is 0 Å². The fraction of sp³-hybridized carbons (Fsp3) is 0.154. The van der Waals surface area contributed by atoms with Crippen molar-refractivity contribution in [2.75, 3.05) is 7.11 Å². The number of carboxylic acids is 1. The van der Waals surface area contributed by atoms with Gasteiger partial charge < -0.3 is 14.4 Å². The maximum absolute atomic E-state index is 10.7. The van der Waals surface area contributed by atoms with Gasteiger partial charge in [0, 0.05) is 17.2 Å². The summed E-state index contributed by atoms with van der Waals surface area (Å²) in [6.07, 6.45) is 1.83. The van der Waals surface area contributed by atoms with Gasteiger partial charge in [-0.3, -0.25) is 0 Å². The number of benzene rings is 1. The number of fused-ring (bicyclic) bond motifs is 1. The van der Waals surface area contributed by atoms with Crippen molar-refractivity contribution in [2.24, 2.45) is 0 Å². The molecule has 4 heteroatoms. The number of ether oxygens (including phenoxy) is 1. The van der Waals surface area contributed by atoms with Crippen LogP contribution >= 0.6 is 0 Å². The quantitative estimate of drug-likeness (QED) is 0.821. The molecule has 0 aliphatic heterocycles. The predicted octanol–water partition coefficient (Wildman–Crippen LogP) is 2.29. The number of nitrogens with zero attached hydrogens (tertiary/aromatic N) is 1. The van der Waals surface area contributed by atoms with Crippen molar-refractivity contribution in [3.05, 3.63) is 42.6 Å². The first kappa shape index (κ1) is 11.3. The maximum atomic E-state index is 10.7. The van der Waals surface area contributed by atoms with E-state index in [0.717, 1.165) is 16.7 Å². The van der Waals surface area contributed by atoms with Crippen molar-refractivity contribution in [3.8, 4) is 5.75 Å². The highest BCUT2D eigenvalue weighted by Crippen LogP contribution is 2.26. The van der Waals surface area contributed by atoms with Crippen LogP contribution in [0.1, 0.15) is 0 Å². The van der Waals surface area contributed by atoms with Crippen LogP contribution in [0.15, 0.2) is 42.6 Å². The highest BCUT2D eigenvalue weighted by Gasteiger charge is 2.09. The summed E-state index contributed by atoms with van der Waals surface area (Å²) < 4.78 is 7.08. The minimum Gasteiger partial charge on any atom is -0.496 e. The lowest BCUT2D eigenvalue weighted by molar-refractivity contribution is -0.132. The summed E-state index contributed by atoms with van der Waals surface area (Å²) in [5.74, 6) is -0.197. The van der Waals surface area contributed by atoms with Gasteiger partial charge in [0.2, 0.25) is 0 Å². The molecule has 0 amide bonds. The number of rotatable bonds is 4. The summed E-state index contributed by atoms with van der Waals surface area (Å²) in [5, 5.41) is 9.78. The second-order valence-electron chi connectivity index (χ2n) is 3.75. The third kappa shape index (κ3) is 2.01. The summed E-state index contributed by atoms with van der Waals surface area (Å²) in [6.45, 7) is 3.80. The maximum Gasteiger partial charge on any atom is 0.332 e. The molecule has 2 aromatic rings. The minimum absolute atomic E-state index is 0.158. The van der Waals surface area contributed by atoms with Gasteiger partial charge in [0.05, 0.1) is 19.2 Å². The van der Waals surface area contributed by atoms with Crippen molar-refractivity contribution in [3.63, 3.8) is 0 Å². The molecular weight excluding hydrogens is 218 g/mol. The molecule has 0 spiro atoms. The van der Waals surface area contributed by atoms with Crippen molar-refractivity contribution in [2.45, 2.75) is 6.54 Å². The summed E-state index contributed by atoms with van der Waals surface area (Å²) in [4.78, 5) is 10.7. The molecule has 4 nitrogen and oxygen atoms in total. The second-order valence-corrected chi connectivity index (χ2v) is 3.75. The Morgan fingerprint density at radius 1 is 1.47 bits per heavy atom. The highest BCUT2D eigenvalue weighted by molar-refractivity contribution is 5.88. The largest absolute Gasteiger partial charge is 0.496 e. The molecule has 0 aliphatic carbocycles.